The van der Waals surface area contributed by atoms with Crippen LogP contribution < -0.4 is 4.90 Å². The molecule has 0 spiro atoms. The standard InChI is InChI=1S/C18H24BrN3O2/c1-21(16-10-9-14(19)12-20-16)18(24)15-8-5-11-22(15)17(23)13-6-3-2-4-7-13/h9-10,12-13,15H,2-8,11H2,1H3/t15-/m1/s1. The van der Waals surface area contributed by atoms with Crippen LogP contribution in [0, 0.1) is 5.92 Å². The van der Waals surface area contributed by atoms with E-state index in [9.17, 15) is 9.59 Å². The molecule has 1 saturated carbocycles. The number of amides is 2. The van der Waals surface area contributed by atoms with Gasteiger partial charge in [0, 0.05) is 30.2 Å². The number of carbonyl (C=O) groups is 2. The first-order valence-corrected chi connectivity index (χ1v) is 9.57. The van der Waals surface area contributed by atoms with Crippen molar-refractivity contribution in [2.75, 3.05) is 18.5 Å². The fourth-order valence-electron chi connectivity index (χ4n) is 3.77. The summed E-state index contributed by atoms with van der Waals surface area (Å²) in [5.41, 5.74) is 0. The molecule has 1 aromatic heterocycles. The Kier molecular flexibility index (Phi) is 5.54. The Morgan fingerprint density at radius 2 is 1.92 bits per heavy atom. The number of pyridine rings is 1. The summed E-state index contributed by atoms with van der Waals surface area (Å²) >= 11 is 3.35. The van der Waals surface area contributed by atoms with Gasteiger partial charge in [-0.3, -0.25) is 14.5 Å². The van der Waals surface area contributed by atoms with Crippen LogP contribution >= 0.6 is 15.9 Å². The van der Waals surface area contributed by atoms with E-state index in [0.717, 1.165) is 43.0 Å². The minimum Gasteiger partial charge on any atom is -0.330 e. The molecule has 0 bridgehead atoms. The van der Waals surface area contributed by atoms with Crippen LogP contribution in [0.5, 0.6) is 0 Å². The fraction of sp³-hybridized carbons (Fsp3) is 0.611. The van der Waals surface area contributed by atoms with Crippen LogP contribution in [-0.2, 0) is 9.59 Å². The smallest absolute Gasteiger partial charge is 0.250 e. The molecule has 1 aliphatic heterocycles. The van der Waals surface area contributed by atoms with Crippen molar-refractivity contribution >= 4 is 33.6 Å². The van der Waals surface area contributed by atoms with E-state index < -0.39 is 0 Å². The molecule has 24 heavy (non-hydrogen) atoms. The number of carbonyl (C=O) groups excluding carboxylic acids is 2. The van der Waals surface area contributed by atoms with Gasteiger partial charge in [0.25, 0.3) is 5.91 Å². The van der Waals surface area contributed by atoms with Crippen molar-refractivity contribution in [3.8, 4) is 0 Å². The van der Waals surface area contributed by atoms with Crippen LogP contribution in [0.1, 0.15) is 44.9 Å². The molecular formula is C18H24BrN3O2. The van der Waals surface area contributed by atoms with Crippen LogP contribution in [0.2, 0.25) is 0 Å². The summed E-state index contributed by atoms with van der Waals surface area (Å²) in [6.45, 7) is 0.702. The molecule has 2 amide bonds. The predicted octanol–water partition coefficient (Wildman–Crippen LogP) is 3.38. The topological polar surface area (TPSA) is 53.5 Å². The first-order valence-electron chi connectivity index (χ1n) is 8.77. The Labute approximate surface area is 151 Å². The average molecular weight is 394 g/mol. The number of anilines is 1. The van der Waals surface area contributed by atoms with Crippen LogP contribution in [0.15, 0.2) is 22.8 Å². The molecule has 2 heterocycles. The molecule has 1 saturated heterocycles. The van der Waals surface area contributed by atoms with Crippen molar-refractivity contribution in [3.63, 3.8) is 0 Å². The highest BCUT2D eigenvalue weighted by Crippen LogP contribution is 2.29. The van der Waals surface area contributed by atoms with Gasteiger partial charge in [0.2, 0.25) is 5.91 Å². The molecule has 1 aromatic rings. The SMILES string of the molecule is CN(C(=O)[C@H]1CCCN1C(=O)C1CCCCC1)c1ccc(Br)cn1. The Morgan fingerprint density at radius 3 is 2.58 bits per heavy atom. The van der Waals surface area contributed by atoms with Gasteiger partial charge in [0.1, 0.15) is 11.9 Å². The molecule has 3 rings (SSSR count). The zero-order chi connectivity index (χ0) is 17.1. The quantitative estimate of drug-likeness (QED) is 0.790. The average Bonchev–Trinajstić information content (AvgIpc) is 3.11. The lowest BCUT2D eigenvalue weighted by atomic mass is 9.88. The van der Waals surface area contributed by atoms with Gasteiger partial charge in [0.15, 0.2) is 0 Å². The lowest BCUT2D eigenvalue weighted by Gasteiger charge is -2.31. The highest BCUT2D eigenvalue weighted by Gasteiger charge is 2.38. The van der Waals surface area contributed by atoms with E-state index in [-0.39, 0.29) is 23.8 Å². The van der Waals surface area contributed by atoms with Gasteiger partial charge in [0.05, 0.1) is 0 Å². The molecule has 0 N–H and O–H groups in total. The van der Waals surface area contributed by atoms with E-state index in [1.165, 1.54) is 6.42 Å². The molecule has 0 radical (unpaired) electrons. The van der Waals surface area contributed by atoms with Gasteiger partial charge < -0.3 is 4.90 Å². The second-order valence-corrected chi connectivity index (χ2v) is 7.67. The third kappa shape index (κ3) is 3.63. The van der Waals surface area contributed by atoms with Crippen molar-refractivity contribution in [2.24, 2.45) is 5.92 Å². The number of likely N-dealkylation sites (N-methyl/N-ethyl adjacent to an activating group) is 1. The molecular weight excluding hydrogens is 370 g/mol. The van der Waals surface area contributed by atoms with Crippen molar-refractivity contribution in [1.82, 2.24) is 9.88 Å². The molecule has 6 heteroatoms. The Hall–Kier alpha value is -1.43. The van der Waals surface area contributed by atoms with Gasteiger partial charge in [-0.2, -0.15) is 0 Å². The number of hydrogen-bond acceptors (Lipinski definition) is 3. The normalized spacial score (nSPS) is 21.8. The second kappa shape index (κ2) is 7.64. The first kappa shape index (κ1) is 17.4. The van der Waals surface area contributed by atoms with E-state index >= 15 is 0 Å². The van der Waals surface area contributed by atoms with Crippen molar-refractivity contribution in [2.45, 2.75) is 51.0 Å². The number of aromatic nitrogens is 1. The van der Waals surface area contributed by atoms with E-state index in [1.54, 1.807) is 18.1 Å². The molecule has 2 aliphatic rings. The van der Waals surface area contributed by atoms with Gasteiger partial charge in [-0.15, -0.1) is 0 Å². The molecule has 0 aromatic carbocycles. The minimum atomic E-state index is -0.338. The molecule has 0 unspecified atom stereocenters. The maximum absolute atomic E-state index is 12.9. The molecule has 1 aliphatic carbocycles. The minimum absolute atomic E-state index is 0.0357. The molecule has 1 atom stereocenters. The zero-order valence-corrected chi connectivity index (χ0v) is 15.7. The molecule has 2 fully saturated rings. The number of nitrogens with zero attached hydrogens (tertiary/aromatic N) is 3. The van der Waals surface area contributed by atoms with Gasteiger partial charge >= 0.3 is 0 Å². The van der Waals surface area contributed by atoms with Gasteiger partial charge in [-0.1, -0.05) is 19.3 Å². The maximum atomic E-state index is 12.9. The number of halogens is 1. The summed E-state index contributed by atoms with van der Waals surface area (Å²) in [7, 11) is 1.74. The summed E-state index contributed by atoms with van der Waals surface area (Å²) in [6.07, 6.45) is 8.76. The van der Waals surface area contributed by atoms with Crippen LogP contribution in [0.3, 0.4) is 0 Å². The van der Waals surface area contributed by atoms with Crippen molar-refractivity contribution in [1.29, 1.82) is 0 Å². The highest BCUT2D eigenvalue weighted by atomic mass is 79.9. The highest BCUT2D eigenvalue weighted by molar-refractivity contribution is 9.10. The van der Waals surface area contributed by atoms with E-state index in [4.69, 9.17) is 0 Å². The number of likely N-dealkylation sites (tertiary alicyclic amines) is 1. The summed E-state index contributed by atoms with van der Waals surface area (Å²) in [5.74, 6) is 0.873. The van der Waals surface area contributed by atoms with Crippen molar-refractivity contribution < 1.29 is 9.59 Å². The van der Waals surface area contributed by atoms with Crippen molar-refractivity contribution in [3.05, 3.63) is 22.8 Å². The lowest BCUT2D eigenvalue weighted by molar-refractivity contribution is -0.141. The third-order valence-corrected chi connectivity index (χ3v) is 5.63. The Balaban J connectivity index is 1.70. The monoisotopic (exact) mass is 393 g/mol. The number of hydrogen-bond donors (Lipinski definition) is 0. The van der Waals surface area contributed by atoms with Crippen LogP contribution in [0.4, 0.5) is 5.82 Å². The maximum Gasteiger partial charge on any atom is 0.250 e. The Bertz CT molecular complexity index is 599. The predicted molar refractivity (Wildman–Crippen MR) is 96.7 cm³/mol. The first-order chi connectivity index (χ1) is 11.6. The molecule has 5 nitrogen and oxygen atoms in total. The zero-order valence-electron chi connectivity index (χ0n) is 14.1. The lowest BCUT2D eigenvalue weighted by Crippen LogP contribution is -2.48. The van der Waals surface area contributed by atoms with E-state index in [0.29, 0.717) is 12.4 Å². The largest absolute Gasteiger partial charge is 0.330 e. The summed E-state index contributed by atoms with van der Waals surface area (Å²) < 4.78 is 0.877. The molecule has 130 valence electrons. The third-order valence-electron chi connectivity index (χ3n) is 5.16. The fourth-order valence-corrected chi connectivity index (χ4v) is 4.01. The van der Waals surface area contributed by atoms with E-state index in [2.05, 4.69) is 20.9 Å². The van der Waals surface area contributed by atoms with Crippen LogP contribution in [-0.4, -0.2) is 41.3 Å². The van der Waals surface area contributed by atoms with Gasteiger partial charge in [-0.05, 0) is 53.7 Å². The summed E-state index contributed by atoms with van der Waals surface area (Å²) in [5, 5.41) is 0. The summed E-state index contributed by atoms with van der Waals surface area (Å²) in [6, 6.07) is 3.34. The summed E-state index contributed by atoms with van der Waals surface area (Å²) in [4.78, 5) is 33.4. The van der Waals surface area contributed by atoms with Gasteiger partial charge in [-0.25, -0.2) is 4.98 Å². The van der Waals surface area contributed by atoms with E-state index in [1.807, 2.05) is 17.0 Å². The second-order valence-electron chi connectivity index (χ2n) is 6.76. The number of rotatable bonds is 3. The Morgan fingerprint density at radius 1 is 1.17 bits per heavy atom. The van der Waals surface area contributed by atoms with Crippen LogP contribution in [0.25, 0.3) is 0 Å².